The van der Waals surface area contributed by atoms with Gasteiger partial charge in [-0.2, -0.15) is 0 Å². The predicted octanol–water partition coefficient (Wildman–Crippen LogP) is 1.82. The van der Waals surface area contributed by atoms with Crippen molar-refractivity contribution >= 4 is 33.3 Å². The van der Waals surface area contributed by atoms with Crippen LogP contribution >= 0.6 is 11.3 Å². The Bertz CT molecular complexity index is 600. The van der Waals surface area contributed by atoms with Gasteiger partial charge >= 0.3 is 0 Å². The van der Waals surface area contributed by atoms with Gasteiger partial charge in [-0.05, 0) is 12.5 Å². The summed E-state index contributed by atoms with van der Waals surface area (Å²) in [5, 5.41) is 7.02. The van der Waals surface area contributed by atoms with Crippen LogP contribution < -0.4 is 10.6 Å². The topological polar surface area (TPSA) is 76.1 Å². The number of rotatable bonds is 8. The molecule has 0 saturated heterocycles. The van der Waals surface area contributed by atoms with Crippen molar-refractivity contribution in [1.82, 2.24) is 15.3 Å². The van der Waals surface area contributed by atoms with E-state index in [2.05, 4.69) is 33.6 Å². The largest absolute Gasteiger partial charge is 0.383 e. The highest BCUT2D eigenvalue weighted by atomic mass is 32.1. The van der Waals surface area contributed by atoms with E-state index in [1.54, 1.807) is 24.8 Å². The summed E-state index contributed by atoms with van der Waals surface area (Å²) in [6.07, 6.45) is 2.95. The summed E-state index contributed by atoms with van der Waals surface area (Å²) in [7, 11) is 1.61. The van der Waals surface area contributed by atoms with Gasteiger partial charge in [0, 0.05) is 31.5 Å². The summed E-state index contributed by atoms with van der Waals surface area (Å²) in [4.78, 5) is 22.4. The quantitative estimate of drug-likeness (QED) is 0.728. The number of hydrogen-bond donors (Lipinski definition) is 2. The lowest BCUT2D eigenvalue weighted by Crippen LogP contribution is -2.28. The molecule has 0 aromatic carbocycles. The minimum Gasteiger partial charge on any atom is -0.383 e. The lowest BCUT2D eigenvalue weighted by Gasteiger charge is -2.07. The van der Waals surface area contributed by atoms with E-state index < -0.39 is 0 Å². The summed E-state index contributed by atoms with van der Waals surface area (Å²) < 4.78 is 4.88. The Morgan fingerprint density at radius 1 is 1.38 bits per heavy atom. The monoisotopic (exact) mass is 308 g/mol. The maximum Gasteiger partial charge on any atom is 0.221 e. The maximum atomic E-state index is 11.6. The Labute approximate surface area is 127 Å². The van der Waals surface area contributed by atoms with Crippen LogP contribution in [-0.2, 0) is 16.0 Å². The molecule has 2 aromatic rings. The summed E-state index contributed by atoms with van der Waals surface area (Å²) >= 11 is 1.68. The number of ether oxygens (including phenoxy) is 1. The van der Waals surface area contributed by atoms with E-state index in [0.29, 0.717) is 26.1 Å². The molecule has 2 heterocycles. The number of amides is 1. The van der Waals surface area contributed by atoms with Gasteiger partial charge in [0.05, 0.1) is 12.0 Å². The van der Waals surface area contributed by atoms with Crippen LogP contribution in [-0.4, -0.2) is 42.7 Å². The highest BCUT2D eigenvalue weighted by Gasteiger charge is 2.08. The molecule has 0 unspecified atom stereocenters. The number of anilines is 1. The van der Waals surface area contributed by atoms with E-state index in [9.17, 15) is 4.79 Å². The molecule has 0 aliphatic carbocycles. The second kappa shape index (κ2) is 7.90. The molecule has 6 nitrogen and oxygen atoms in total. The summed E-state index contributed by atoms with van der Waals surface area (Å²) in [5.41, 5.74) is 0. The standard InChI is InChI=1S/C14H20N4O2S/c1-3-10-8-11-13(17-9-18-14(11)21-10)16-5-4-12(19)15-6-7-20-2/h8-9H,3-7H2,1-2H3,(H,15,19)(H,16,17,18). The van der Waals surface area contributed by atoms with Crippen molar-refractivity contribution in [3.8, 4) is 0 Å². The number of aryl methyl sites for hydroxylation is 1. The average Bonchev–Trinajstić information content (AvgIpc) is 2.91. The molecule has 0 atom stereocenters. The molecule has 0 radical (unpaired) electrons. The van der Waals surface area contributed by atoms with E-state index in [4.69, 9.17) is 4.74 Å². The molecule has 0 aliphatic rings. The summed E-state index contributed by atoms with van der Waals surface area (Å²) in [6, 6.07) is 2.11. The third kappa shape index (κ3) is 4.37. The van der Waals surface area contributed by atoms with Gasteiger partial charge in [0.25, 0.3) is 0 Å². The molecule has 0 aliphatic heterocycles. The molecule has 0 saturated carbocycles. The lowest BCUT2D eigenvalue weighted by atomic mass is 10.3. The smallest absolute Gasteiger partial charge is 0.221 e. The normalized spacial score (nSPS) is 10.8. The van der Waals surface area contributed by atoms with E-state index in [1.165, 1.54) is 4.88 Å². The fraction of sp³-hybridized carbons (Fsp3) is 0.500. The number of nitrogens with zero attached hydrogens (tertiary/aromatic N) is 2. The van der Waals surface area contributed by atoms with Crippen LogP contribution in [0, 0.1) is 0 Å². The molecule has 7 heteroatoms. The first-order valence-electron chi connectivity index (χ1n) is 6.97. The van der Waals surface area contributed by atoms with Gasteiger partial charge in [-0.3, -0.25) is 4.79 Å². The molecule has 21 heavy (non-hydrogen) atoms. The Morgan fingerprint density at radius 3 is 3.00 bits per heavy atom. The van der Waals surface area contributed by atoms with Gasteiger partial charge in [-0.1, -0.05) is 6.92 Å². The van der Waals surface area contributed by atoms with E-state index >= 15 is 0 Å². The predicted molar refractivity (Wildman–Crippen MR) is 84.8 cm³/mol. The van der Waals surface area contributed by atoms with Crippen LogP contribution in [0.15, 0.2) is 12.4 Å². The molecule has 0 fully saturated rings. The summed E-state index contributed by atoms with van der Waals surface area (Å²) in [6.45, 7) is 3.73. The third-order valence-corrected chi connectivity index (χ3v) is 4.19. The van der Waals surface area contributed by atoms with Gasteiger partial charge in [0.1, 0.15) is 17.0 Å². The minimum absolute atomic E-state index is 0.00409. The van der Waals surface area contributed by atoms with Crippen molar-refractivity contribution in [2.45, 2.75) is 19.8 Å². The van der Waals surface area contributed by atoms with Crippen LogP contribution in [0.4, 0.5) is 5.82 Å². The second-order valence-electron chi connectivity index (χ2n) is 4.53. The zero-order valence-electron chi connectivity index (χ0n) is 12.3. The van der Waals surface area contributed by atoms with E-state index in [-0.39, 0.29) is 5.91 Å². The number of hydrogen-bond acceptors (Lipinski definition) is 6. The maximum absolute atomic E-state index is 11.6. The third-order valence-electron chi connectivity index (χ3n) is 3.00. The highest BCUT2D eigenvalue weighted by molar-refractivity contribution is 7.18. The molecule has 2 aromatic heterocycles. The zero-order valence-corrected chi connectivity index (χ0v) is 13.1. The summed E-state index contributed by atoms with van der Waals surface area (Å²) in [5.74, 6) is 0.796. The van der Waals surface area contributed by atoms with Crippen molar-refractivity contribution in [3.63, 3.8) is 0 Å². The molecule has 0 spiro atoms. The molecule has 2 N–H and O–H groups in total. The minimum atomic E-state index is 0.00409. The molecule has 114 valence electrons. The van der Waals surface area contributed by atoms with E-state index in [0.717, 1.165) is 22.5 Å². The fourth-order valence-electron chi connectivity index (χ4n) is 1.90. The van der Waals surface area contributed by atoms with E-state index in [1.807, 2.05) is 0 Å². The van der Waals surface area contributed by atoms with Gasteiger partial charge in [-0.15, -0.1) is 11.3 Å². The highest BCUT2D eigenvalue weighted by Crippen LogP contribution is 2.28. The lowest BCUT2D eigenvalue weighted by molar-refractivity contribution is -0.121. The Kier molecular flexibility index (Phi) is 5.89. The number of carbonyl (C=O) groups is 1. The molecular weight excluding hydrogens is 288 g/mol. The molecule has 0 bridgehead atoms. The fourth-order valence-corrected chi connectivity index (χ4v) is 2.83. The molecule has 1 amide bonds. The van der Waals surface area contributed by atoms with Crippen LogP contribution in [0.25, 0.3) is 10.2 Å². The van der Waals surface area contributed by atoms with Crippen molar-refractivity contribution in [1.29, 1.82) is 0 Å². The number of thiophene rings is 1. The number of fused-ring (bicyclic) bond motifs is 1. The number of aromatic nitrogens is 2. The van der Waals surface area contributed by atoms with Crippen molar-refractivity contribution in [2.75, 3.05) is 32.1 Å². The van der Waals surface area contributed by atoms with Gasteiger partial charge < -0.3 is 15.4 Å². The SMILES string of the molecule is CCc1cc2c(NCCC(=O)NCCOC)ncnc2s1. The second-order valence-corrected chi connectivity index (χ2v) is 5.64. The molecular formula is C14H20N4O2S. The van der Waals surface area contributed by atoms with Crippen LogP contribution in [0.2, 0.25) is 0 Å². The number of nitrogens with one attached hydrogen (secondary N) is 2. The van der Waals surface area contributed by atoms with Crippen molar-refractivity contribution in [2.24, 2.45) is 0 Å². The van der Waals surface area contributed by atoms with Crippen molar-refractivity contribution in [3.05, 3.63) is 17.3 Å². The molecule has 2 rings (SSSR count). The average molecular weight is 308 g/mol. The van der Waals surface area contributed by atoms with Crippen LogP contribution in [0.3, 0.4) is 0 Å². The number of carbonyl (C=O) groups excluding carboxylic acids is 1. The first-order valence-corrected chi connectivity index (χ1v) is 7.79. The Hall–Kier alpha value is -1.73. The van der Waals surface area contributed by atoms with Gasteiger partial charge in [0.2, 0.25) is 5.91 Å². The van der Waals surface area contributed by atoms with Gasteiger partial charge in [-0.25, -0.2) is 9.97 Å². The van der Waals surface area contributed by atoms with Crippen LogP contribution in [0.1, 0.15) is 18.2 Å². The first-order chi connectivity index (χ1) is 10.2. The first kappa shape index (κ1) is 15.7. The Balaban J connectivity index is 1.88. The van der Waals surface area contributed by atoms with Gasteiger partial charge in [0.15, 0.2) is 0 Å². The Morgan fingerprint density at radius 2 is 2.24 bits per heavy atom. The van der Waals surface area contributed by atoms with Crippen LogP contribution in [0.5, 0.6) is 0 Å². The number of methoxy groups -OCH3 is 1. The van der Waals surface area contributed by atoms with Crippen molar-refractivity contribution < 1.29 is 9.53 Å². The zero-order chi connectivity index (χ0) is 15.1.